The molecule has 0 atom stereocenters. The Kier molecular flexibility index (Phi) is 6.15. The molecular formula is C18H19N3O5. The van der Waals surface area contributed by atoms with Gasteiger partial charge in [0.1, 0.15) is 5.75 Å². The number of carbonyl (C=O) groups excluding carboxylic acids is 2. The Labute approximate surface area is 150 Å². The number of hydrogen-bond donors (Lipinski definition) is 2. The van der Waals surface area contributed by atoms with Gasteiger partial charge in [-0.25, -0.2) is 10.2 Å². The molecule has 0 aliphatic heterocycles. The standard InChI is InChI=1S/C18H19N3O5/c1-21(2)18(24)26-14-7-4-12(5-8-14)11-19-20-17(23)13-6-9-15(22)16(10-13)25-3/h4-11,22H,1-3H3,(H,20,23)/b19-11+. The first-order chi connectivity index (χ1) is 12.4. The average Bonchev–Trinajstić information content (AvgIpc) is 2.63. The van der Waals surface area contributed by atoms with Crippen LogP contribution >= 0.6 is 0 Å². The van der Waals surface area contributed by atoms with Gasteiger partial charge in [-0.1, -0.05) is 0 Å². The summed E-state index contributed by atoms with van der Waals surface area (Å²) in [5, 5.41) is 13.4. The number of phenols is 1. The van der Waals surface area contributed by atoms with Crippen molar-refractivity contribution in [3.05, 3.63) is 53.6 Å². The molecule has 8 heteroatoms. The van der Waals surface area contributed by atoms with Crippen molar-refractivity contribution in [1.29, 1.82) is 0 Å². The SMILES string of the molecule is COc1cc(C(=O)N/N=C/c2ccc(OC(=O)N(C)C)cc2)ccc1O. The number of ether oxygens (including phenoxy) is 2. The van der Waals surface area contributed by atoms with Crippen molar-refractivity contribution in [2.75, 3.05) is 21.2 Å². The summed E-state index contributed by atoms with van der Waals surface area (Å²) in [7, 11) is 4.58. The van der Waals surface area contributed by atoms with Crippen LogP contribution in [0.1, 0.15) is 15.9 Å². The quantitative estimate of drug-likeness (QED) is 0.631. The van der Waals surface area contributed by atoms with Crippen LogP contribution in [0.4, 0.5) is 4.79 Å². The lowest BCUT2D eigenvalue weighted by atomic mass is 10.2. The Morgan fingerprint density at radius 1 is 1.15 bits per heavy atom. The molecule has 0 heterocycles. The van der Waals surface area contributed by atoms with Crippen LogP contribution in [-0.4, -0.2) is 49.4 Å². The van der Waals surface area contributed by atoms with Crippen LogP contribution in [0, 0.1) is 0 Å². The minimum absolute atomic E-state index is 0.0531. The number of hydrazone groups is 1. The Balaban J connectivity index is 1.95. The molecule has 8 nitrogen and oxygen atoms in total. The van der Waals surface area contributed by atoms with E-state index >= 15 is 0 Å². The maximum atomic E-state index is 12.0. The van der Waals surface area contributed by atoms with Crippen LogP contribution in [0.5, 0.6) is 17.2 Å². The van der Waals surface area contributed by atoms with Gasteiger partial charge in [-0.2, -0.15) is 5.10 Å². The van der Waals surface area contributed by atoms with Gasteiger partial charge < -0.3 is 19.5 Å². The number of methoxy groups -OCH3 is 1. The topological polar surface area (TPSA) is 100 Å². The van der Waals surface area contributed by atoms with E-state index in [9.17, 15) is 14.7 Å². The highest BCUT2D eigenvalue weighted by Gasteiger charge is 2.09. The predicted octanol–water partition coefficient (Wildman–Crippen LogP) is 2.23. The largest absolute Gasteiger partial charge is 0.504 e. The van der Waals surface area contributed by atoms with E-state index in [-0.39, 0.29) is 11.5 Å². The number of rotatable bonds is 5. The van der Waals surface area contributed by atoms with Gasteiger partial charge >= 0.3 is 6.09 Å². The summed E-state index contributed by atoms with van der Waals surface area (Å²) in [5.41, 5.74) is 3.38. The molecule has 2 aromatic carbocycles. The highest BCUT2D eigenvalue weighted by Crippen LogP contribution is 2.26. The molecule has 2 rings (SSSR count). The Morgan fingerprint density at radius 2 is 1.85 bits per heavy atom. The number of phenolic OH excluding ortho intramolecular Hbond substituents is 1. The number of benzene rings is 2. The molecular weight excluding hydrogens is 338 g/mol. The highest BCUT2D eigenvalue weighted by molar-refractivity contribution is 5.95. The molecule has 2 N–H and O–H groups in total. The van der Waals surface area contributed by atoms with Gasteiger partial charge in [0.2, 0.25) is 0 Å². The van der Waals surface area contributed by atoms with Crippen LogP contribution in [0.15, 0.2) is 47.6 Å². The summed E-state index contributed by atoms with van der Waals surface area (Å²) < 4.78 is 10.1. The zero-order valence-corrected chi connectivity index (χ0v) is 14.6. The van der Waals surface area contributed by atoms with Crippen molar-refractivity contribution in [2.45, 2.75) is 0 Å². The molecule has 0 aliphatic rings. The Hall–Kier alpha value is -3.55. The molecule has 0 fully saturated rings. The van der Waals surface area contributed by atoms with Gasteiger partial charge in [0.25, 0.3) is 5.91 Å². The molecule has 0 bridgehead atoms. The molecule has 2 aromatic rings. The van der Waals surface area contributed by atoms with E-state index in [4.69, 9.17) is 9.47 Å². The molecule has 0 saturated heterocycles. The lowest BCUT2D eigenvalue weighted by molar-refractivity contribution is 0.0954. The smallest absolute Gasteiger partial charge is 0.414 e. The summed E-state index contributed by atoms with van der Waals surface area (Å²) in [5.74, 6) is 0.101. The van der Waals surface area contributed by atoms with E-state index in [1.165, 1.54) is 36.4 Å². The first kappa shape index (κ1) is 18.8. The molecule has 26 heavy (non-hydrogen) atoms. The molecule has 0 aromatic heterocycles. The number of nitrogens with one attached hydrogen (secondary N) is 1. The van der Waals surface area contributed by atoms with Crippen molar-refractivity contribution >= 4 is 18.2 Å². The lowest BCUT2D eigenvalue weighted by Gasteiger charge is -2.10. The molecule has 0 saturated carbocycles. The normalized spacial score (nSPS) is 10.4. The van der Waals surface area contributed by atoms with Gasteiger partial charge in [-0.15, -0.1) is 0 Å². The van der Waals surface area contributed by atoms with Gasteiger partial charge in [-0.3, -0.25) is 4.79 Å². The van der Waals surface area contributed by atoms with Crippen LogP contribution < -0.4 is 14.9 Å². The molecule has 0 aliphatic carbocycles. The minimum Gasteiger partial charge on any atom is -0.504 e. The fourth-order valence-corrected chi connectivity index (χ4v) is 1.86. The van der Waals surface area contributed by atoms with Crippen molar-refractivity contribution in [3.8, 4) is 17.2 Å². The number of carbonyl (C=O) groups is 2. The fourth-order valence-electron chi connectivity index (χ4n) is 1.86. The Bertz CT molecular complexity index is 816. The van der Waals surface area contributed by atoms with Crippen molar-refractivity contribution < 1.29 is 24.2 Å². The van der Waals surface area contributed by atoms with Crippen molar-refractivity contribution in [2.24, 2.45) is 5.10 Å². The number of nitrogens with zero attached hydrogens (tertiary/aromatic N) is 2. The highest BCUT2D eigenvalue weighted by atomic mass is 16.6. The summed E-state index contributed by atoms with van der Waals surface area (Å²) in [6.07, 6.45) is 0.982. The molecule has 136 valence electrons. The number of hydrogen-bond acceptors (Lipinski definition) is 6. The van der Waals surface area contributed by atoms with E-state index in [1.807, 2.05) is 0 Å². The second kappa shape index (κ2) is 8.52. The van der Waals surface area contributed by atoms with Crippen LogP contribution in [0.2, 0.25) is 0 Å². The van der Waals surface area contributed by atoms with Crippen molar-refractivity contribution in [1.82, 2.24) is 10.3 Å². The zero-order valence-electron chi connectivity index (χ0n) is 14.6. The second-order valence-electron chi connectivity index (χ2n) is 5.42. The monoisotopic (exact) mass is 357 g/mol. The van der Waals surface area contributed by atoms with Crippen LogP contribution in [-0.2, 0) is 0 Å². The summed E-state index contributed by atoms with van der Waals surface area (Å²) in [6.45, 7) is 0. The summed E-state index contributed by atoms with van der Waals surface area (Å²) in [6, 6.07) is 10.9. The van der Waals surface area contributed by atoms with Gasteiger partial charge in [-0.05, 0) is 48.0 Å². The number of amides is 2. The zero-order chi connectivity index (χ0) is 19.1. The van der Waals surface area contributed by atoms with Gasteiger partial charge in [0.15, 0.2) is 11.5 Å². The van der Waals surface area contributed by atoms with E-state index in [1.54, 1.807) is 38.4 Å². The maximum Gasteiger partial charge on any atom is 0.414 e. The van der Waals surface area contributed by atoms with Crippen LogP contribution in [0.3, 0.4) is 0 Å². The molecule has 0 spiro atoms. The number of aromatic hydroxyl groups is 1. The minimum atomic E-state index is -0.469. The molecule has 2 amide bonds. The van der Waals surface area contributed by atoms with Gasteiger partial charge in [0.05, 0.1) is 13.3 Å². The predicted molar refractivity (Wildman–Crippen MR) is 95.9 cm³/mol. The Morgan fingerprint density at radius 3 is 2.46 bits per heavy atom. The van der Waals surface area contributed by atoms with E-state index in [2.05, 4.69) is 10.5 Å². The summed E-state index contributed by atoms with van der Waals surface area (Å²) >= 11 is 0. The average molecular weight is 357 g/mol. The van der Waals surface area contributed by atoms with E-state index < -0.39 is 12.0 Å². The van der Waals surface area contributed by atoms with Gasteiger partial charge in [0, 0.05) is 19.7 Å². The van der Waals surface area contributed by atoms with E-state index in [0.29, 0.717) is 16.9 Å². The second-order valence-corrected chi connectivity index (χ2v) is 5.42. The van der Waals surface area contributed by atoms with Crippen LogP contribution in [0.25, 0.3) is 0 Å². The fraction of sp³-hybridized carbons (Fsp3) is 0.167. The third kappa shape index (κ3) is 4.97. The third-order valence-corrected chi connectivity index (χ3v) is 3.27. The van der Waals surface area contributed by atoms with E-state index in [0.717, 1.165) is 0 Å². The maximum absolute atomic E-state index is 12.0. The molecule has 0 radical (unpaired) electrons. The third-order valence-electron chi connectivity index (χ3n) is 3.27. The first-order valence-corrected chi connectivity index (χ1v) is 7.60. The summed E-state index contributed by atoms with van der Waals surface area (Å²) in [4.78, 5) is 24.8. The lowest BCUT2D eigenvalue weighted by Crippen LogP contribution is -2.25. The first-order valence-electron chi connectivity index (χ1n) is 7.60. The molecule has 0 unspecified atom stereocenters. The van der Waals surface area contributed by atoms with Crippen molar-refractivity contribution in [3.63, 3.8) is 0 Å².